The van der Waals surface area contributed by atoms with Crippen LogP contribution in [-0.4, -0.2) is 36.3 Å². The first-order valence-corrected chi connectivity index (χ1v) is 8.20. The van der Waals surface area contributed by atoms with Gasteiger partial charge in [-0.1, -0.05) is 48.0 Å². The maximum absolute atomic E-state index is 13.7. The normalized spacial score (nSPS) is 12.2. The summed E-state index contributed by atoms with van der Waals surface area (Å²) in [6.45, 7) is 2.49. The monoisotopic (exact) mass is 348 g/mol. The topological polar surface area (TPSA) is 23.6 Å². The van der Waals surface area contributed by atoms with Crippen LogP contribution < -0.4 is 0 Å². The molecule has 0 saturated carbocycles. The van der Waals surface area contributed by atoms with Crippen LogP contribution in [0.3, 0.4) is 0 Å². The summed E-state index contributed by atoms with van der Waals surface area (Å²) in [7, 11) is 3.56. The van der Waals surface area contributed by atoms with E-state index in [2.05, 4.69) is 0 Å². The molecule has 0 fully saturated rings. The second-order valence-electron chi connectivity index (χ2n) is 5.95. The molecule has 0 aliphatic carbocycles. The molecule has 0 bridgehead atoms. The number of carbonyl (C=O) groups is 1. The number of benzene rings is 2. The minimum Gasteiger partial charge on any atom is -0.340 e. The lowest BCUT2D eigenvalue weighted by Crippen LogP contribution is -2.37. The highest BCUT2D eigenvalue weighted by Gasteiger charge is 2.19. The third kappa shape index (κ3) is 4.56. The van der Waals surface area contributed by atoms with E-state index in [4.69, 9.17) is 11.6 Å². The van der Waals surface area contributed by atoms with E-state index in [0.717, 1.165) is 5.56 Å². The fourth-order valence-electron chi connectivity index (χ4n) is 2.49. The highest BCUT2D eigenvalue weighted by atomic mass is 35.5. The van der Waals surface area contributed by atoms with Crippen molar-refractivity contribution in [2.24, 2.45) is 0 Å². The van der Waals surface area contributed by atoms with E-state index >= 15 is 0 Å². The van der Waals surface area contributed by atoms with E-state index in [1.807, 2.05) is 43.1 Å². The molecular formula is C19H22ClFN2O. The maximum Gasteiger partial charge on any atom is 0.236 e. The summed E-state index contributed by atoms with van der Waals surface area (Å²) in [5.74, 6) is -0.366. The van der Waals surface area contributed by atoms with Gasteiger partial charge in [0.05, 0.1) is 6.54 Å². The Morgan fingerprint density at radius 1 is 1.12 bits per heavy atom. The van der Waals surface area contributed by atoms with Gasteiger partial charge in [0.2, 0.25) is 5.91 Å². The largest absolute Gasteiger partial charge is 0.340 e. The summed E-state index contributed by atoms with van der Waals surface area (Å²) in [5.41, 5.74) is 1.49. The van der Waals surface area contributed by atoms with Crippen LogP contribution in [0.15, 0.2) is 48.5 Å². The van der Waals surface area contributed by atoms with Crippen molar-refractivity contribution < 1.29 is 9.18 Å². The van der Waals surface area contributed by atoms with Gasteiger partial charge in [-0.3, -0.25) is 9.69 Å². The molecule has 2 aromatic rings. The Hall–Kier alpha value is -1.91. The quantitative estimate of drug-likeness (QED) is 0.783. The van der Waals surface area contributed by atoms with Crippen molar-refractivity contribution in [1.82, 2.24) is 9.80 Å². The van der Waals surface area contributed by atoms with Gasteiger partial charge in [-0.15, -0.1) is 0 Å². The second kappa shape index (κ2) is 8.27. The van der Waals surface area contributed by atoms with Gasteiger partial charge in [-0.2, -0.15) is 0 Å². The fourth-order valence-corrected chi connectivity index (χ4v) is 2.79. The summed E-state index contributed by atoms with van der Waals surface area (Å²) in [6, 6.07) is 14.1. The lowest BCUT2D eigenvalue weighted by atomic mass is 10.1. The molecule has 1 amide bonds. The van der Waals surface area contributed by atoms with E-state index in [-0.39, 0.29) is 30.9 Å². The minimum atomic E-state index is -0.296. The average molecular weight is 349 g/mol. The van der Waals surface area contributed by atoms with Crippen LogP contribution in [0.1, 0.15) is 24.1 Å². The summed E-state index contributed by atoms with van der Waals surface area (Å²) in [4.78, 5) is 15.9. The fraction of sp³-hybridized carbons (Fsp3) is 0.316. The van der Waals surface area contributed by atoms with Gasteiger partial charge < -0.3 is 4.90 Å². The molecule has 0 heterocycles. The van der Waals surface area contributed by atoms with E-state index < -0.39 is 0 Å². The number of hydrogen-bond donors (Lipinski definition) is 0. The van der Waals surface area contributed by atoms with E-state index in [1.165, 1.54) is 11.0 Å². The molecule has 0 saturated heterocycles. The molecule has 1 atom stereocenters. The van der Waals surface area contributed by atoms with Crippen molar-refractivity contribution >= 4 is 17.5 Å². The van der Waals surface area contributed by atoms with Crippen molar-refractivity contribution in [1.29, 1.82) is 0 Å². The molecule has 0 radical (unpaired) electrons. The van der Waals surface area contributed by atoms with E-state index in [0.29, 0.717) is 10.6 Å². The Kier molecular flexibility index (Phi) is 6.35. The zero-order valence-corrected chi connectivity index (χ0v) is 14.9. The van der Waals surface area contributed by atoms with Gasteiger partial charge >= 0.3 is 0 Å². The smallest absolute Gasteiger partial charge is 0.236 e. The van der Waals surface area contributed by atoms with Crippen molar-refractivity contribution in [3.05, 3.63) is 70.5 Å². The van der Waals surface area contributed by atoms with Gasteiger partial charge in [-0.05, 0) is 31.7 Å². The Bertz CT molecular complexity index is 707. The molecule has 0 N–H and O–H groups in total. The Balaban J connectivity index is 1.98. The summed E-state index contributed by atoms with van der Waals surface area (Å²) >= 11 is 6.22. The van der Waals surface area contributed by atoms with Crippen molar-refractivity contribution in [2.75, 3.05) is 20.6 Å². The first-order valence-electron chi connectivity index (χ1n) is 7.82. The molecule has 128 valence electrons. The zero-order chi connectivity index (χ0) is 17.7. The van der Waals surface area contributed by atoms with Gasteiger partial charge in [0.25, 0.3) is 0 Å². The van der Waals surface area contributed by atoms with Crippen molar-refractivity contribution in [2.45, 2.75) is 19.5 Å². The van der Waals surface area contributed by atoms with E-state index in [1.54, 1.807) is 25.2 Å². The highest BCUT2D eigenvalue weighted by molar-refractivity contribution is 6.31. The highest BCUT2D eigenvalue weighted by Crippen LogP contribution is 2.26. The maximum atomic E-state index is 13.7. The lowest BCUT2D eigenvalue weighted by molar-refractivity contribution is -0.131. The van der Waals surface area contributed by atoms with Gasteiger partial charge in [-0.25, -0.2) is 4.39 Å². The zero-order valence-electron chi connectivity index (χ0n) is 14.2. The first kappa shape index (κ1) is 18.4. The molecule has 2 rings (SSSR count). The van der Waals surface area contributed by atoms with E-state index in [9.17, 15) is 9.18 Å². The molecule has 5 heteroatoms. The number of rotatable bonds is 6. The van der Waals surface area contributed by atoms with Crippen LogP contribution in [0.2, 0.25) is 5.02 Å². The molecule has 0 aliphatic heterocycles. The van der Waals surface area contributed by atoms with Crippen LogP contribution in [-0.2, 0) is 11.3 Å². The molecule has 0 unspecified atom stereocenters. The Labute approximate surface area is 147 Å². The second-order valence-corrected chi connectivity index (χ2v) is 6.36. The van der Waals surface area contributed by atoms with Crippen LogP contribution in [0.4, 0.5) is 4.39 Å². The van der Waals surface area contributed by atoms with Gasteiger partial charge in [0.15, 0.2) is 0 Å². The third-order valence-corrected chi connectivity index (χ3v) is 4.54. The summed E-state index contributed by atoms with van der Waals surface area (Å²) in [6.07, 6.45) is 0. The number of hydrogen-bond acceptors (Lipinski definition) is 2. The molecule has 24 heavy (non-hydrogen) atoms. The van der Waals surface area contributed by atoms with Crippen LogP contribution in [0.5, 0.6) is 0 Å². The standard InChI is InChI=1S/C19H22ClFN2O/c1-14(16-9-5-6-10-17(16)20)22(2)13-19(24)23(3)12-15-8-4-7-11-18(15)21/h4-11,14H,12-13H2,1-3H3/t14-/m0/s1. The Morgan fingerprint density at radius 3 is 2.42 bits per heavy atom. The first-order chi connectivity index (χ1) is 11.4. The number of amides is 1. The number of halogens is 2. The third-order valence-electron chi connectivity index (χ3n) is 4.19. The molecule has 0 aliphatic rings. The number of nitrogens with zero attached hydrogens (tertiary/aromatic N) is 2. The summed E-state index contributed by atoms with van der Waals surface area (Å²) in [5, 5.41) is 0.684. The minimum absolute atomic E-state index is 0.00418. The number of likely N-dealkylation sites (N-methyl/N-ethyl adjacent to an activating group) is 2. The summed E-state index contributed by atoms with van der Waals surface area (Å²) < 4.78 is 13.7. The van der Waals surface area contributed by atoms with Crippen LogP contribution in [0, 0.1) is 5.82 Å². The predicted octanol–water partition coefficient (Wildman–Crippen LogP) is 4.13. The molecule has 3 nitrogen and oxygen atoms in total. The number of carbonyl (C=O) groups excluding carboxylic acids is 1. The van der Waals surface area contributed by atoms with Crippen LogP contribution >= 0.6 is 11.6 Å². The van der Waals surface area contributed by atoms with Crippen LogP contribution in [0.25, 0.3) is 0 Å². The van der Waals surface area contributed by atoms with Gasteiger partial charge in [0, 0.05) is 30.2 Å². The molecule has 0 aromatic heterocycles. The predicted molar refractivity (Wildman–Crippen MR) is 95.4 cm³/mol. The molecule has 0 spiro atoms. The van der Waals surface area contributed by atoms with Crippen molar-refractivity contribution in [3.8, 4) is 0 Å². The Morgan fingerprint density at radius 2 is 1.75 bits per heavy atom. The van der Waals surface area contributed by atoms with Gasteiger partial charge in [0.1, 0.15) is 5.82 Å². The average Bonchev–Trinajstić information content (AvgIpc) is 2.56. The lowest BCUT2D eigenvalue weighted by Gasteiger charge is -2.27. The molecule has 2 aromatic carbocycles. The molecular weight excluding hydrogens is 327 g/mol. The van der Waals surface area contributed by atoms with Crippen molar-refractivity contribution in [3.63, 3.8) is 0 Å². The SMILES string of the molecule is C[C@@H](c1ccccc1Cl)N(C)CC(=O)N(C)Cc1ccccc1F.